The van der Waals surface area contributed by atoms with Crippen LogP contribution in [0.3, 0.4) is 0 Å². The quantitative estimate of drug-likeness (QED) is 0.417. The van der Waals surface area contributed by atoms with Crippen LogP contribution in [-0.4, -0.2) is 38.2 Å². The van der Waals surface area contributed by atoms with E-state index in [1.807, 2.05) is 36.9 Å². The van der Waals surface area contributed by atoms with E-state index in [-0.39, 0.29) is 6.01 Å². The summed E-state index contributed by atoms with van der Waals surface area (Å²) in [7, 11) is 1.91. The van der Waals surface area contributed by atoms with Crippen molar-refractivity contribution in [3.8, 4) is 17.4 Å². The maximum Gasteiger partial charge on any atom is 0.320 e. The number of unbranched alkanes of at least 4 members (excludes halogenated alkanes) is 1. The molecule has 0 atom stereocenters. The molecule has 0 aliphatic rings. The van der Waals surface area contributed by atoms with E-state index in [0.29, 0.717) is 30.1 Å². The fraction of sp³-hybridized carbons (Fsp3) is 0.304. The van der Waals surface area contributed by atoms with Crippen LogP contribution in [0.2, 0.25) is 0 Å². The van der Waals surface area contributed by atoms with E-state index in [1.165, 1.54) is 0 Å². The van der Waals surface area contributed by atoms with E-state index >= 15 is 0 Å². The molecule has 0 aliphatic carbocycles. The van der Waals surface area contributed by atoms with Gasteiger partial charge in [0.2, 0.25) is 0 Å². The smallest absolute Gasteiger partial charge is 0.320 e. The van der Waals surface area contributed by atoms with Gasteiger partial charge in [0, 0.05) is 30.7 Å². The van der Waals surface area contributed by atoms with Gasteiger partial charge in [-0.15, -0.1) is 0 Å². The first-order chi connectivity index (χ1) is 15.1. The molecule has 0 radical (unpaired) electrons. The number of fused-ring (bicyclic) bond motifs is 1. The fourth-order valence-electron chi connectivity index (χ4n) is 3.43. The van der Waals surface area contributed by atoms with Crippen LogP contribution in [0.5, 0.6) is 6.01 Å². The van der Waals surface area contributed by atoms with Crippen LogP contribution >= 0.6 is 0 Å². The molecule has 0 unspecified atom stereocenters. The van der Waals surface area contributed by atoms with Gasteiger partial charge >= 0.3 is 6.01 Å². The zero-order valence-corrected chi connectivity index (χ0v) is 18.1. The predicted molar refractivity (Wildman–Crippen MR) is 123 cm³/mol. The average Bonchev–Trinajstić information content (AvgIpc) is 3.13. The molecule has 1 aromatic carbocycles. The van der Waals surface area contributed by atoms with Crippen LogP contribution in [0.1, 0.15) is 30.9 Å². The second-order valence-electron chi connectivity index (χ2n) is 7.49. The number of pyridine rings is 1. The molecular weight excluding hydrogens is 390 g/mol. The molecule has 0 saturated heterocycles. The number of aryl methyl sites for hydroxylation is 1. The van der Waals surface area contributed by atoms with E-state index in [4.69, 9.17) is 15.5 Å². The number of nitrogens with two attached hydrogens (primary N) is 1. The van der Waals surface area contributed by atoms with Crippen LogP contribution in [-0.2, 0) is 6.54 Å². The first kappa shape index (κ1) is 20.6. The Morgan fingerprint density at radius 1 is 1.13 bits per heavy atom. The lowest BCUT2D eigenvalue weighted by Crippen LogP contribution is -2.07. The van der Waals surface area contributed by atoms with Crippen LogP contribution in [0.4, 0.5) is 11.5 Å². The minimum atomic E-state index is 0.275. The van der Waals surface area contributed by atoms with E-state index in [0.717, 1.165) is 41.0 Å². The Kier molecular flexibility index (Phi) is 5.97. The summed E-state index contributed by atoms with van der Waals surface area (Å²) in [4.78, 5) is 18.1. The summed E-state index contributed by atoms with van der Waals surface area (Å²) in [5.41, 5.74) is 11.6. The van der Waals surface area contributed by atoms with Crippen molar-refractivity contribution < 1.29 is 4.74 Å². The van der Waals surface area contributed by atoms with Gasteiger partial charge in [-0.1, -0.05) is 25.5 Å². The topological polar surface area (TPSA) is 104 Å². The Labute approximate surface area is 181 Å². The Hall–Kier alpha value is -3.68. The zero-order valence-electron chi connectivity index (χ0n) is 18.1. The summed E-state index contributed by atoms with van der Waals surface area (Å²) in [5.74, 6) is 1.05. The van der Waals surface area contributed by atoms with Crippen molar-refractivity contribution in [1.29, 1.82) is 0 Å². The first-order valence-electron chi connectivity index (χ1n) is 10.4. The number of imidazole rings is 1. The Morgan fingerprint density at radius 2 is 2.00 bits per heavy atom. The van der Waals surface area contributed by atoms with Gasteiger partial charge < -0.3 is 20.4 Å². The highest BCUT2D eigenvalue weighted by Crippen LogP contribution is 2.29. The number of hydrogen-bond donors (Lipinski definition) is 2. The third-order valence-corrected chi connectivity index (χ3v) is 5.02. The molecular formula is C23H27N7O. The molecule has 0 fully saturated rings. The third kappa shape index (κ3) is 4.42. The molecule has 8 nitrogen and oxygen atoms in total. The lowest BCUT2D eigenvalue weighted by molar-refractivity contribution is 0.286. The highest BCUT2D eigenvalue weighted by Gasteiger charge is 2.19. The fourth-order valence-corrected chi connectivity index (χ4v) is 3.43. The lowest BCUT2D eigenvalue weighted by Gasteiger charge is -2.11. The number of anilines is 2. The molecule has 0 aliphatic heterocycles. The number of nitrogens with one attached hydrogen (secondary N) is 1. The van der Waals surface area contributed by atoms with Crippen molar-refractivity contribution in [2.45, 2.75) is 33.2 Å². The second kappa shape index (κ2) is 8.99. The van der Waals surface area contributed by atoms with Gasteiger partial charge in [0.1, 0.15) is 5.82 Å². The molecule has 4 aromatic rings. The maximum absolute atomic E-state index is 6.26. The van der Waals surface area contributed by atoms with Gasteiger partial charge in [-0.25, -0.2) is 4.98 Å². The molecule has 0 spiro atoms. The Bertz CT molecular complexity index is 1200. The monoisotopic (exact) mass is 417 g/mol. The molecule has 31 heavy (non-hydrogen) atoms. The highest BCUT2D eigenvalue weighted by molar-refractivity contribution is 5.86. The molecule has 0 bridgehead atoms. The third-order valence-electron chi connectivity index (χ3n) is 5.02. The van der Waals surface area contributed by atoms with Crippen molar-refractivity contribution in [2.75, 3.05) is 24.7 Å². The number of aromatic nitrogens is 5. The number of benzene rings is 1. The summed E-state index contributed by atoms with van der Waals surface area (Å²) in [6.07, 6.45) is 5.58. The van der Waals surface area contributed by atoms with Crippen molar-refractivity contribution >= 4 is 22.7 Å². The highest BCUT2D eigenvalue weighted by atomic mass is 16.5. The Balaban J connectivity index is 1.86. The van der Waals surface area contributed by atoms with Gasteiger partial charge in [0.05, 0.1) is 13.2 Å². The van der Waals surface area contributed by atoms with Crippen LogP contribution < -0.4 is 15.8 Å². The van der Waals surface area contributed by atoms with Crippen molar-refractivity contribution in [3.05, 3.63) is 53.9 Å². The van der Waals surface area contributed by atoms with E-state index in [9.17, 15) is 0 Å². The molecule has 3 heterocycles. The minimum Gasteiger partial charge on any atom is -0.463 e. The molecule has 8 heteroatoms. The second-order valence-corrected chi connectivity index (χ2v) is 7.49. The summed E-state index contributed by atoms with van der Waals surface area (Å²) >= 11 is 0. The molecule has 3 aromatic heterocycles. The maximum atomic E-state index is 6.26. The normalized spacial score (nSPS) is 11.1. The number of ether oxygens (including phenoxy) is 1. The zero-order chi connectivity index (χ0) is 21.8. The molecule has 0 amide bonds. The number of hydrogen-bond acceptors (Lipinski definition) is 7. The van der Waals surface area contributed by atoms with Gasteiger partial charge in [-0.2, -0.15) is 9.97 Å². The standard InChI is InChI=1S/C23H27N7O/c1-4-5-9-31-23-28-20(24)19-22(29-23)30(14-16-7-6-8-18(11-16)25-3)21(27-19)17-10-15(2)12-26-13-17/h6-8,10-13,25H,4-5,9,14H2,1-3H3,(H2,24,28,29). The van der Waals surface area contributed by atoms with E-state index < -0.39 is 0 Å². The van der Waals surface area contributed by atoms with Crippen LogP contribution in [0, 0.1) is 6.92 Å². The van der Waals surface area contributed by atoms with Gasteiger partial charge in [0.15, 0.2) is 17.0 Å². The Morgan fingerprint density at radius 3 is 2.77 bits per heavy atom. The van der Waals surface area contributed by atoms with Gasteiger partial charge in [0.25, 0.3) is 0 Å². The van der Waals surface area contributed by atoms with E-state index in [1.54, 1.807) is 6.20 Å². The summed E-state index contributed by atoms with van der Waals surface area (Å²) in [6.45, 7) is 5.24. The minimum absolute atomic E-state index is 0.275. The van der Waals surface area contributed by atoms with Crippen molar-refractivity contribution in [1.82, 2.24) is 24.5 Å². The largest absolute Gasteiger partial charge is 0.463 e. The molecule has 0 saturated carbocycles. The molecule has 160 valence electrons. The number of nitrogen functional groups attached to an aromatic ring is 1. The van der Waals surface area contributed by atoms with Crippen LogP contribution in [0.25, 0.3) is 22.6 Å². The SMILES string of the molecule is CCCCOc1nc(N)c2nc(-c3cncc(C)c3)n(Cc3cccc(NC)c3)c2n1. The summed E-state index contributed by atoms with van der Waals surface area (Å²) in [5, 5.41) is 3.18. The average molecular weight is 418 g/mol. The predicted octanol–water partition coefficient (Wildman–Crippen LogP) is 4.05. The molecule has 3 N–H and O–H groups in total. The van der Waals surface area contributed by atoms with Gasteiger partial charge in [-0.05, 0) is 42.7 Å². The lowest BCUT2D eigenvalue weighted by atomic mass is 10.2. The van der Waals surface area contributed by atoms with Crippen LogP contribution in [0.15, 0.2) is 42.7 Å². The van der Waals surface area contributed by atoms with Crippen molar-refractivity contribution in [2.24, 2.45) is 0 Å². The van der Waals surface area contributed by atoms with Gasteiger partial charge in [-0.3, -0.25) is 4.98 Å². The summed E-state index contributed by atoms with van der Waals surface area (Å²) in [6, 6.07) is 10.6. The first-order valence-corrected chi connectivity index (χ1v) is 10.4. The summed E-state index contributed by atoms with van der Waals surface area (Å²) < 4.78 is 7.79. The number of nitrogens with zero attached hydrogens (tertiary/aromatic N) is 5. The number of rotatable bonds is 8. The molecule has 4 rings (SSSR count). The van der Waals surface area contributed by atoms with E-state index in [2.05, 4.69) is 45.4 Å². The van der Waals surface area contributed by atoms with Crippen molar-refractivity contribution in [3.63, 3.8) is 0 Å².